The van der Waals surface area contributed by atoms with Gasteiger partial charge in [0.05, 0.1) is 9.79 Å². The largest absolute Gasteiger partial charge is 0.289 e. The van der Waals surface area contributed by atoms with E-state index >= 15 is 0 Å². The molecule has 0 atom stereocenters. The van der Waals surface area contributed by atoms with Gasteiger partial charge in [-0.05, 0) is 36.4 Å². The summed E-state index contributed by atoms with van der Waals surface area (Å²) < 4.78 is 113. The minimum atomic E-state index is -4.68. The Kier molecular flexibility index (Phi) is 16.7. The molecule has 0 saturated heterocycles. The number of ketones is 2. The third-order valence-corrected chi connectivity index (χ3v) is 8.63. The number of hydrogen-bond acceptors (Lipinski definition) is 10. The summed E-state index contributed by atoms with van der Waals surface area (Å²) in [5.74, 6) is -4.34. The number of rotatable bonds is 8. The van der Waals surface area contributed by atoms with Crippen LogP contribution in [0.1, 0.15) is 31.8 Å². The SMILES string of the molecule is O=C1c2ccc(S(=O)(=O)NCS(=O)(=O)O)cc2C(=O)c2ccc(S(=O)(=O)NCS(=O)(=O)O)cc21.[Na].[Na].[Na].[Na]. The van der Waals surface area contributed by atoms with Crippen molar-refractivity contribution in [2.45, 2.75) is 9.79 Å². The molecule has 22 heteroatoms. The van der Waals surface area contributed by atoms with E-state index in [1.54, 1.807) is 9.44 Å². The van der Waals surface area contributed by atoms with Gasteiger partial charge < -0.3 is 0 Å². The Morgan fingerprint density at radius 2 is 0.816 bits per heavy atom. The minimum absolute atomic E-state index is 0. The van der Waals surface area contributed by atoms with Gasteiger partial charge in [0.25, 0.3) is 20.2 Å². The molecule has 1 aliphatic rings. The van der Waals surface area contributed by atoms with E-state index in [2.05, 4.69) is 0 Å². The van der Waals surface area contributed by atoms with E-state index in [1.807, 2.05) is 0 Å². The Balaban J connectivity index is 0. The van der Waals surface area contributed by atoms with Crippen molar-refractivity contribution in [2.24, 2.45) is 0 Å². The van der Waals surface area contributed by atoms with Crippen LogP contribution in [0.2, 0.25) is 0 Å². The first-order chi connectivity index (χ1) is 15.4. The fraction of sp³-hybridized carbons (Fsp3) is 0.125. The van der Waals surface area contributed by atoms with E-state index in [0.717, 1.165) is 36.4 Å². The van der Waals surface area contributed by atoms with Gasteiger partial charge in [-0.25, -0.2) is 16.8 Å². The fourth-order valence-electron chi connectivity index (χ4n) is 2.91. The van der Waals surface area contributed by atoms with Gasteiger partial charge in [0.15, 0.2) is 11.6 Å². The van der Waals surface area contributed by atoms with Crippen LogP contribution in [0, 0.1) is 0 Å². The maximum atomic E-state index is 12.9. The number of benzene rings is 2. The van der Waals surface area contributed by atoms with Gasteiger partial charge in [0.1, 0.15) is 11.8 Å². The second kappa shape index (κ2) is 15.2. The van der Waals surface area contributed by atoms with Crippen molar-refractivity contribution in [1.29, 1.82) is 0 Å². The monoisotopic (exact) mass is 646 g/mol. The van der Waals surface area contributed by atoms with E-state index < -0.39 is 73.4 Å². The molecule has 0 aliphatic heterocycles. The third kappa shape index (κ3) is 10.3. The topological polar surface area (TPSA) is 235 Å². The molecule has 4 radical (unpaired) electrons. The molecule has 0 saturated carbocycles. The predicted molar refractivity (Wildman–Crippen MR) is 136 cm³/mol. The molecule has 3 rings (SSSR count). The molecular weight excluding hydrogens is 632 g/mol. The van der Waals surface area contributed by atoms with Gasteiger partial charge in [0.2, 0.25) is 20.0 Å². The smallest absolute Gasteiger partial charge is 0.279 e. The number of carbonyl (C=O) groups excluding carboxylic acids is 2. The van der Waals surface area contributed by atoms with E-state index in [9.17, 15) is 43.3 Å². The van der Waals surface area contributed by atoms with Gasteiger partial charge in [-0.3, -0.25) is 18.7 Å². The van der Waals surface area contributed by atoms with Crippen LogP contribution >= 0.6 is 0 Å². The molecule has 0 unspecified atom stereocenters. The number of sulfonamides is 2. The van der Waals surface area contributed by atoms with Crippen molar-refractivity contribution in [2.75, 3.05) is 11.8 Å². The van der Waals surface area contributed by atoms with Crippen LogP contribution in [0.3, 0.4) is 0 Å². The van der Waals surface area contributed by atoms with E-state index in [4.69, 9.17) is 9.11 Å². The molecule has 0 spiro atoms. The molecule has 0 aromatic heterocycles. The second-order valence-corrected chi connectivity index (χ2v) is 13.3. The maximum Gasteiger partial charge on any atom is 0.279 e. The van der Waals surface area contributed by atoms with Crippen molar-refractivity contribution >= 4 is 170 Å². The molecule has 14 nitrogen and oxygen atoms in total. The van der Waals surface area contributed by atoms with Crippen LogP contribution in [-0.2, 0) is 40.3 Å². The summed E-state index contributed by atoms with van der Waals surface area (Å²) in [6.07, 6.45) is 0. The normalized spacial score (nSPS) is 13.0. The van der Waals surface area contributed by atoms with Crippen LogP contribution in [0.25, 0.3) is 0 Å². The average molecular weight is 647 g/mol. The van der Waals surface area contributed by atoms with Crippen LogP contribution in [0.15, 0.2) is 46.2 Å². The first-order valence-electron chi connectivity index (χ1n) is 8.68. The zero-order chi connectivity index (χ0) is 25.7. The molecule has 4 N–H and O–H groups in total. The summed E-state index contributed by atoms with van der Waals surface area (Å²) >= 11 is 0. The number of carbonyl (C=O) groups is 2. The zero-order valence-electron chi connectivity index (χ0n) is 20.5. The molecular formula is C16H14N2Na4O12S4. The molecule has 0 fully saturated rings. The number of hydrogen-bond donors (Lipinski definition) is 4. The third-order valence-electron chi connectivity index (χ3n) is 4.44. The Morgan fingerprint density at radius 1 is 0.526 bits per heavy atom. The summed E-state index contributed by atoms with van der Waals surface area (Å²) in [6, 6.07) is 5.38. The molecule has 0 bridgehead atoms. The molecule has 2 aromatic carbocycles. The fourth-order valence-corrected chi connectivity index (χ4v) is 6.72. The maximum absolute atomic E-state index is 12.9. The van der Waals surface area contributed by atoms with Gasteiger partial charge in [-0.15, -0.1) is 0 Å². The quantitative estimate of drug-likeness (QED) is 0.143. The summed E-state index contributed by atoms with van der Waals surface area (Å²) in [7, 11) is -18.4. The van der Waals surface area contributed by atoms with Crippen molar-refractivity contribution in [1.82, 2.24) is 9.44 Å². The molecule has 188 valence electrons. The summed E-state index contributed by atoms with van der Waals surface area (Å²) in [4.78, 5) is 24.6. The summed E-state index contributed by atoms with van der Waals surface area (Å²) in [6.45, 7) is 0. The summed E-state index contributed by atoms with van der Waals surface area (Å²) in [5, 5.41) is 0. The van der Waals surface area contributed by atoms with Gasteiger partial charge in [0, 0.05) is 140 Å². The number of fused-ring (bicyclic) bond motifs is 2. The van der Waals surface area contributed by atoms with E-state index in [-0.39, 0.29) is 140 Å². The molecule has 38 heavy (non-hydrogen) atoms. The zero-order valence-corrected chi connectivity index (χ0v) is 31.8. The van der Waals surface area contributed by atoms with Crippen molar-refractivity contribution in [3.63, 3.8) is 0 Å². The van der Waals surface area contributed by atoms with E-state index in [1.165, 1.54) is 0 Å². The molecule has 1 aliphatic carbocycles. The van der Waals surface area contributed by atoms with Crippen LogP contribution in [-0.4, -0.2) is 184 Å². The molecule has 0 heterocycles. The number of nitrogens with one attached hydrogen (secondary N) is 2. The van der Waals surface area contributed by atoms with Crippen LogP contribution in [0.4, 0.5) is 0 Å². The van der Waals surface area contributed by atoms with Gasteiger partial charge >= 0.3 is 0 Å². The Bertz CT molecular complexity index is 1550. The van der Waals surface area contributed by atoms with Crippen LogP contribution in [0.5, 0.6) is 0 Å². The second-order valence-electron chi connectivity index (χ2n) is 6.82. The van der Waals surface area contributed by atoms with Crippen molar-refractivity contribution < 1.29 is 52.4 Å². The Morgan fingerprint density at radius 3 is 1.08 bits per heavy atom. The Hall–Kier alpha value is 1.42. The summed E-state index contributed by atoms with van der Waals surface area (Å²) in [5.41, 5.74) is -1.25. The molecule has 2 aromatic rings. The van der Waals surface area contributed by atoms with E-state index in [0.29, 0.717) is 0 Å². The molecule has 0 amide bonds. The van der Waals surface area contributed by atoms with Crippen molar-refractivity contribution in [3.05, 3.63) is 58.7 Å². The van der Waals surface area contributed by atoms with Crippen LogP contribution < -0.4 is 9.44 Å². The first-order valence-corrected chi connectivity index (χ1v) is 14.9. The van der Waals surface area contributed by atoms with Crippen molar-refractivity contribution in [3.8, 4) is 0 Å². The Labute approximate surface area is 307 Å². The van der Waals surface area contributed by atoms with Gasteiger partial charge in [-0.1, -0.05) is 0 Å². The first kappa shape index (κ1) is 41.6. The minimum Gasteiger partial charge on any atom is -0.289 e. The average Bonchev–Trinajstić information content (AvgIpc) is 2.73. The predicted octanol–water partition coefficient (Wildman–Crippen LogP) is -2.81. The standard InChI is InChI=1S/C16H14N2O12S4.4Na/c19-15-11-3-1-9(33(27,28)17-7-31(21,22)23)5-13(11)16(20)12-4-2-10(6-14(12)15)34(29,30)18-8-32(24,25)26;;;;/h1-6,17-18H,7-8H2,(H,21,22,23)(H,24,25,26);;;;. The van der Waals surface area contributed by atoms with Gasteiger partial charge in [-0.2, -0.15) is 26.3 Å².